The Labute approximate surface area is 149 Å². The Morgan fingerprint density at radius 3 is 2.88 bits per heavy atom. The van der Waals surface area contributed by atoms with Crippen LogP contribution in [-0.2, 0) is 6.54 Å². The van der Waals surface area contributed by atoms with Gasteiger partial charge in [0.15, 0.2) is 5.82 Å². The molecule has 1 N–H and O–H groups in total. The van der Waals surface area contributed by atoms with Crippen LogP contribution in [0.25, 0.3) is 11.9 Å². The largest absolute Gasteiger partial charge is 0.375 e. The zero-order chi connectivity index (χ0) is 18.4. The average Bonchev–Trinajstić information content (AvgIpc) is 3.20. The second-order valence-corrected chi connectivity index (χ2v) is 5.32. The molecule has 0 fully saturated rings. The number of hydrogen-bond donors (Lipinski definition) is 1. The van der Waals surface area contributed by atoms with Crippen molar-refractivity contribution in [3.05, 3.63) is 82.3 Å². The van der Waals surface area contributed by atoms with Crippen LogP contribution in [0.15, 0.2) is 61.1 Å². The van der Waals surface area contributed by atoms with Crippen LogP contribution in [-0.4, -0.2) is 19.7 Å². The fraction of sp³-hybridized carbons (Fsp3) is 0.0556. The van der Waals surface area contributed by atoms with Crippen molar-refractivity contribution in [3.63, 3.8) is 0 Å². The predicted molar refractivity (Wildman–Crippen MR) is 96.4 cm³/mol. The number of hydrogen-bond acceptors (Lipinski definition) is 6. The summed E-state index contributed by atoms with van der Waals surface area (Å²) in [5, 5.41) is 27.0. The molecule has 3 rings (SSSR count). The Morgan fingerprint density at radius 2 is 2.23 bits per heavy atom. The maximum Gasteiger partial charge on any atom is 0.292 e. The molecule has 0 saturated carbocycles. The van der Waals surface area contributed by atoms with Crippen molar-refractivity contribution in [1.29, 1.82) is 5.26 Å². The van der Waals surface area contributed by atoms with Gasteiger partial charge in [-0.1, -0.05) is 12.1 Å². The van der Waals surface area contributed by atoms with E-state index in [1.165, 1.54) is 18.2 Å². The highest BCUT2D eigenvalue weighted by Gasteiger charge is 2.14. The average molecular weight is 346 g/mol. The molecule has 2 heterocycles. The first-order chi connectivity index (χ1) is 12.7. The number of aromatic nitrogens is 3. The molecule has 0 unspecified atom stereocenters. The highest BCUT2D eigenvalue weighted by Crippen LogP contribution is 2.26. The zero-order valence-corrected chi connectivity index (χ0v) is 13.6. The molecule has 128 valence electrons. The summed E-state index contributed by atoms with van der Waals surface area (Å²) in [7, 11) is 0. The Morgan fingerprint density at radius 1 is 1.35 bits per heavy atom. The number of pyridine rings is 1. The monoisotopic (exact) mass is 346 g/mol. The fourth-order valence-corrected chi connectivity index (χ4v) is 2.34. The Kier molecular flexibility index (Phi) is 5.00. The molecule has 1 aromatic carbocycles. The van der Waals surface area contributed by atoms with E-state index < -0.39 is 4.92 Å². The summed E-state index contributed by atoms with van der Waals surface area (Å²) in [6.07, 6.45) is 7.96. The van der Waals surface area contributed by atoms with Gasteiger partial charge in [0.25, 0.3) is 5.69 Å². The number of nitriles is 1. The van der Waals surface area contributed by atoms with Crippen LogP contribution in [0.4, 0.5) is 11.4 Å². The number of anilines is 1. The van der Waals surface area contributed by atoms with E-state index in [4.69, 9.17) is 5.26 Å². The molecule has 0 amide bonds. The Bertz CT molecular complexity index is 972. The summed E-state index contributed by atoms with van der Waals surface area (Å²) in [6.45, 7) is 0.389. The first-order valence-corrected chi connectivity index (χ1v) is 7.71. The van der Waals surface area contributed by atoms with Gasteiger partial charge < -0.3 is 5.32 Å². The van der Waals surface area contributed by atoms with E-state index in [1.54, 1.807) is 35.4 Å². The lowest BCUT2D eigenvalue weighted by atomic mass is 10.1. The third-order valence-electron chi connectivity index (χ3n) is 3.60. The third-order valence-corrected chi connectivity index (χ3v) is 3.60. The van der Waals surface area contributed by atoms with Crippen molar-refractivity contribution in [1.82, 2.24) is 14.8 Å². The van der Waals surface area contributed by atoms with Crippen molar-refractivity contribution in [2.45, 2.75) is 6.54 Å². The molecule has 0 aliphatic rings. The molecule has 0 saturated heterocycles. The van der Waals surface area contributed by atoms with Gasteiger partial charge in [0, 0.05) is 37.3 Å². The number of nitro groups is 1. The summed E-state index contributed by atoms with van der Waals surface area (Å²) in [5.74, 6) is 0.693. The Hall–Kier alpha value is -3.99. The predicted octanol–water partition coefficient (Wildman–Crippen LogP) is 3.32. The van der Waals surface area contributed by atoms with Crippen LogP contribution < -0.4 is 5.32 Å². The number of nitro benzene ring substituents is 1. The van der Waals surface area contributed by atoms with Crippen molar-refractivity contribution in [2.75, 3.05) is 5.32 Å². The summed E-state index contributed by atoms with van der Waals surface area (Å²) in [6, 6.07) is 12.1. The topological polar surface area (TPSA) is 110 Å². The quantitative estimate of drug-likeness (QED) is 0.416. The molecule has 0 spiro atoms. The van der Waals surface area contributed by atoms with Crippen molar-refractivity contribution in [2.24, 2.45) is 0 Å². The van der Waals surface area contributed by atoms with Gasteiger partial charge in [-0.25, -0.2) is 9.67 Å². The molecule has 8 heteroatoms. The first-order valence-electron chi connectivity index (χ1n) is 7.71. The lowest BCUT2D eigenvalue weighted by Gasteiger charge is -2.08. The van der Waals surface area contributed by atoms with Gasteiger partial charge in [-0.2, -0.15) is 10.4 Å². The summed E-state index contributed by atoms with van der Waals surface area (Å²) >= 11 is 0. The number of rotatable bonds is 6. The van der Waals surface area contributed by atoms with Crippen LogP contribution in [0.1, 0.15) is 11.1 Å². The van der Waals surface area contributed by atoms with Crippen molar-refractivity contribution < 1.29 is 4.92 Å². The lowest BCUT2D eigenvalue weighted by molar-refractivity contribution is -0.384. The van der Waals surface area contributed by atoms with Crippen LogP contribution in [0.2, 0.25) is 0 Å². The van der Waals surface area contributed by atoms with Gasteiger partial charge in [-0.05, 0) is 35.4 Å². The summed E-state index contributed by atoms with van der Waals surface area (Å²) in [4.78, 5) is 15.2. The molecule has 0 radical (unpaired) electrons. The van der Waals surface area contributed by atoms with E-state index in [1.807, 2.05) is 24.3 Å². The van der Waals surface area contributed by atoms with Gasteiger partial charge in [0.2, 0.25) is 0 Å². The van der Waals surface area contributed by atoms with Gasteiger partial charge in [0.05, 0.1) is 11.0 Å². The molecular formula is C18H14N6O2. The van der Waals surface area contributed by atoms with E-state index >= 15 is 0 Å². The van der Waals surface area contributed by atoms with E-state index in [0.717, 1.165) is 5.56 Å². The van der Waals surface area contributed by atoms with Crippen LogP contribution in [0.3, 0.4) is 0 Å². The molecule has 0 aliphatic heterocycles. The molecule has 26 heavy (non-hydrogen) atoms. The Balaban J connectivity index is 1.73. The van der Waals surface area contributed by atoms with Gasteiger partial charge >= 0.3 is 0 Å². The number of nitrogens with one attached hydrogen (secondary N) is 1. The van der Waals surface area contributed by atoms with Crippen molar-refractivity contribution >= 4 is 17.5 Å². The molecular weight excluding hydrogens is 332 g/mol. The first kappa shape index (κ1) is 16.9. The smallest absolute Gasteiger partial charge is 0.292 e. The third kappa shape index (κ3) is 3.91. The minimum atomic E-state index is -0.453. The van der Waals surface area contributed by atoms with Gasteiger partial charge in [-0.3, -0.25) is 10.1 Å². The lowest BCUT2D eigenvalue weighted by Crippen LogP contribution is -2.04. The normalized spacial score (nSPS) is 10.6. The number of benzene rings is 1. The second-order valence-electron chi connectivity index (χ2n) is 5.32. The SMILES string of the molecule is N#C/C=C/c1ccc(NCc2ccc(-n3cccn3)nc2)c([N+](=O)[O-])c1. The molecule has 3 aromatic rings. The van der Waals surface area contributed by atoms with Gasteiger partial charge in [0.1, 0.15) is 5.69 Å². The van der Waals surface area contributed by atoms with E-state index in [2.05, 4.69) is 15.4 Å². The van der Waals surface area contributed by atoms with Gasteiger partial charge in [-0.15, -0.1) is 0 Å². The highest BCUT2D eigenvalue weighted by atomic mass is 16.6. The fourth-order valence-electron chi connectivity index (χ4n) is 2.34. The maximum absolute atomic E-state index is 11.3. The van der Waals surface area contributed by atoms with Crippen LogP contribution >= 0.6 is 0 Å². The molecule has 0 atom stereocenters. The molecule has 0 aliphatic carbocycles. The second kappa shape index (κ2) is 7.72. The maximum atomic E-state index is 11.3. The van der Waals surface area contributed by atoms with E-state index in [0.29, 0.717) is 23.6 Å². The van der Waals surface area contributed by atoms with E-state index in [9.17, 15) is 10.1 Å². The molecule has 8 nitrogen and oxygen atoms in total. The number of nitrogens with zero attached hydrogens (tertiary/aromatic N) is 5. The number of allylic oxidation sites excluding steroid dienone is 1. The van der Waals surface area contributed by atoms with Crippen LogP contribution in [0, 0.1) is 21.4 Å². The molecule has 0 bridgehead atoms. The minimum Gasteiger partial charge on any atom is -0.375 e. The standard InChI is InChI=1S/C18H14N6O2/c19-8-1-3-14-4-6-16(17(11-14)24(25)26)20-12-15-5-7-18(21-13-15)23-10-2-9-22-23/h1-7,9-11,13,20H,12H2/b3-1+. The molecule has 2 aromatic heterocycles. The zero-order valence-electron chi connectivity index (χ0n) is 13.6. The van der Waals surface area contributed by atoms with Crippen LogP contribution in [0.5, 0.6) is 0 Å². The summed E-state index contributed by atoms with van der Waals surface area (Å²) in [5.41, 5.74) is 1.82. The highest BCUT2D eigenvalue weighted by molar-refractivity contribution is 5.67. The van der Waals surface area contributed by atoms with E-state index in [-0.39, 0.29) is 5.69 Å². The minimum absolute atomic E-state index is 0.0498. The van der Waals surface area contributed by atoms with Crippen molar-refractivity contribution in [3.8, 4) is 11.9 Å². The summed E-state index contributed by atoms with van der Waals surface area (Å²) < 4.78 is 1.65.